The van der Waals surface area contributed by atoms with Crippen molar-refractivity contribution in [2.24, 2.45) is 5.92 Å². The Balaban J connectivity index is 1.48. The van der Waals surface area contributed by atoms with Crippen molar-refractivity contribution in [1.29, 1.82) is 0 Å². The monoisotopic (exact) mass is 445 g/mol. The Labute approximate surface area is 194 Å². The number of carbonyl (C=O) groups is 1. The lowest BCUT2D eigenvalue weighted by Crippen LogP contribution is -2.47. The van der Waals surface area contributed by atoms with Crippen molar-refractivity contribution in [3.8, 4) is 0 Å². The van der Waals surface area contributed by atoms with Gasteiger partial charge >= 0.3 is 0 Å². The summed E-state index contributed by atoms with van der Waals surface area (Å²) in [7, 11) is 1.74. The van der Waals surface area contributed by atoms with E-state index in [4.69, 9.17) is 14.7 Å². The van der Waals surface area contributed by atoms with Crippen molar-refractivity contribution in [2.45, 2.75) is 77.7 Å². The second-order valence-electron chi connectivity index (χ2n) is 10.6. The number of nitrogens with one attached hydrogen (secondary N) is 1. The molecule has 1 amide bonds. The highest BCUT2D eigenvalue weighted by molar-refractivity contribution is 5.73. The van der Waals surface area contributed by atoms with Gasteiger partial charge in [0.15, 0.2) is 0 Å². The first-order valence-electron chi connectivity index (χ1n) is 12.4. The fraction of sp³-hybridized carbons (Fsp3) is 0.800. The van der Waals surface area contributed by atoms with E-state index in [2.05, 4.69) is 42.0 Å². The van der Waals surface area contributed by atoms with E-state index in [0.29, 0.717) is 12.6 Å². The van der Waals surface area contributed by atoms with E-state index in [-0.39, 0.29) is 11.3 Å². The number of piperazine rings is 1. The van der Waals surface area contributed by atoms with Gasteiger partial charge in [-0.1, -0.05) is 20.8 Å². The van der Waals surface area contributed by atoms with E-state index in [0.717, 1.165) is 68.7 Å². The maximum atomic E-state index is 11.3. The molecule has 0 atom stereocenters. The minimum Gasteiger partial charge on any atom is -0.384 e. The molecule has 1 aliphatic heterocycles. The SMILES string of the molecule is COCCc1cc(N2CCN(CCC3CCC(NC(C)=O)CC3)CC2)nc(C(C)(C)C)n1. The summed E-state index contributed by atoms with van der Waals surface area (Å²) in [4.78, 5) is 26.0. The topological polar surface area (TPSA) is 70.6 Å². The molecule has 2 aliphatic rings. The molecule has 1 aromatic heterocycles. The molecular weight excluding hydrogens is 402 g/mol. The summed E-state index contributed by atoms with van der Waals surface area (Å²) in [5.41, 5.74) is 0.998. The van der Waals surface area contributed by atoms with E-state index < -0.39 is 0 Å². The van der Waals surface area contributed by atoms with Crippen LogP contribution < -0.4 is 10.2 Å². The molecule has 0 aromatic carbocycles. The van der Waals surface area contributed by atoms with Crippen LogP contribution in [0.5, 0.6) is 0 Å². The lowest BCUT2D eigenvalue weighted by Gasteiger charge is -2.37. The van der Waals surface area contributed by atoms with Crippen LogP contribution in [-0.2, 0) is 21.4 Å². The first-order chi connectivity index (χ1) is 15.2. The highest BCUT2D eigenvalue weighted by atomic mass is 16.5. The highest BCUT2D eigenvalue weighted by Gasteiger charge is 2.25. The number of amides is 1. The lowest BCUT2D eigenvalue weighted by molar-refractivity contribution is -0.119. The number of hydrogen-bond donors (Lipinski definition) is 1. The van der Waals surface area contributed by atoms with Crippen LogP contribution in [0.4, 0.5) is 5.82 Å². The summed E-state index contributed by atoms with van der Waals surface area (Å²) < 4.78 is 5.27. The van der Waals surface area contributed by atoms with Crippen molar-refractivity contribution in [1.82, 2.24) is 20.2 Å². The molecule has 0 radical (unpaired) electrons. The molecule has 2 heterocycles. The molecule has 1 aliphatic carbocycles. The molecule has 7 nitrogen and oxygen atoms in total. The minimum absolute atomic E-state index is 0.0708. The maximum Gasteiger partial charge on any atom is 0.217 e. The number of methoxy groups -OCH3 is 1. The number of carbonyl (C=O) groups excluding carboxylic acids is 1. The number of rotatable bonds is 8. The summed E-state index contributed by atoms with van der Waals surface area (Å²) in [5.74, 6) is 2.89. The largest absolute Gasteiger partial charge is 0.384 e. The summed E-state index contributed by atoms with van der Waals surface area (Å²) >= 11 is 0. The van der Waals surface area contributed by atoms with E-state index >= 15 is 0 Å². The van der Waals surface area contributed by atoms with Gasteiger partial charge in [-0.15, -0.1) is 0 Å². The van der Waals surface area contributed by atoms with Crippen molar-refractivity contribution < 1.29 is 9.53 Å². The second-order valence-corrected chi connectivity index (χ2v) is 10.6. The Morgan fingerprint density at radius 3 is 2.41 bits per heavy atom. The number of anilines is 1. The van der Waals surface area contributed by atoms with Gasteiger partial charge in [-0.2, -0.15) is 0 Å². The Morgan fingerprint density at radius 1 is 1.12 bits per heavy atom. The summed E-state index contributed by atoms with van der Waals surface area (Å²) in [6.07, 6.45) is 6.84. The third kappa shape index (κ3) is 7.41. The molecule has 3 rings (SSSR count). The van der Waals surface area contributed by atoms with Gasteiger partial charge in [0.05, 0.1) is 6.61 Å². The zero-order chi connectivity index (χ0) is 23.1. The second kappa shape index (κ2) is 11.4. The molecule has 1 saturated carbocycles. The molecule has 0 bridgehead atoms. The average Bonchev–Trinajstić information content (AvgIpc) is 2.76. The molecule has 32 heavy (non-hydrogen) atoms. The molecule has 7 heteroatoms. The smallest absolute Gasteiger partial charge is 0.217 e. The normalized spacial score (nSPS) is 22.7. The van der Waals surface area contributed by atoms with Gasteiger partial charge in [0.1, 0.15) is 11.6 Å². The average molecular weight is 446 g/mol. The van der Waals surface area contributed by atoms with Crippen molar-refractivity contribution in [3.05, 3.63) is 17.6 Å². The molecule has 1 aromatic rings. The van der Waals surface area contributed by atoms with Crippen molar-refractivity contribution >= 4 is 11.7 Å². The quantitative estimate of drug-likeness (QED) is 0.663. The minimum atomic E-state index is -0.0708. The first kappa shape index (κ1) is 24.9. The number of hydrogen-bond acceptors (Lipinski definition) is 6. The fourth-order valence-corrected chi connectivity index (χ4v) is 4.76. The van der Waals surface area contributed by atoms with Crippen LogP contribution in [0.3, 0.4) is 0 Å². The highest BCUT2D eigenvalue weighted by Crippen LogP contribution is 2.28. The lowest BCUT2D eigenvalue weighted by atomic mass is 9.84. The van der Waals surface area contributed by atoms with Crippen molar-refractivity contribution in [2.75, 3.05) is 51.3 Å². The summed E-state index contributed by atoms with van der Waals surface area (Å²) in [6, 6.07) is 2.55. The first-order valence-corrected chi connectivity index (χ1v) is 12.4. The van der Waals surface area contributed by atoms with E-state index in [1.54, 1.807) is 14.0 Å². The van der Waals surface area contributed by atoms with E-state index in [1.807, 2.05) is 0 Å². The van der Waals surface area contributed by atoms with Crippen LogP contribution in [0.1, 0.15) is 71.3 Å². The summed E-state index contributed by atoms with van der Waals surface area (Å²) in [6.45, 7) is 14.2. The molecule has 1 saturated heterocycles. The van der Waals surface area contributed by atoms with Gasteiger partial charge in [-0.25, -0.2) is 9.97 Å². The van der Waals surface area contributed by atoms with Gasteiger partial charge in [0, 0.05) is 69.9 Å². The fourth-order valence-electron chi connectivity index (χ4n) is 4.76. The Morgan fingerprint density at radius 2 is 1.81 bits per heavy atom. The van der Waals surface area contributed by atoms with Gasteiger partial charge in [0.2, 0.25) is 5.91 Å². The Hall–Kier alpha value is -1.73. The molecular formula is C25H43N5O2. The summed E-state index contributed by atoms with van der Waals surface area (Å²) in [5, 5.41) is 3.08. The van der Waals surface area contributed by atoms with Gasteiger partial charge in [0.25, 0.3) is 0 Å². The zero-order valence-corrected chi connectivity index (χ0v) is 20.8. The van der Waals surface area contributed by atoms with Crippen LogP contribution in [0.2, 0.25) is 0 Å². The van der Waals surface area contributed by atoms with Crippen LogP contribution >= 0.6 is 0 Å². The Bertz CT molecular complexity index is 732. The predicted molar refractivity (Wildman–Crippen MR) is 129 cm³/mol. The predicted octanol–water partition coefficient (Wildman–Crippen LogP) is 3.17. The molecule has 0 unspecified atom stereocenters. The van der Waals surface area contributed by atoms with Gasteiger partial charge < -0.3 is 15.0 Å². The van der Waals surface area contributed by atoms with Crippen LogP contribution in [0, 0.1) is 5.92 Å². The Kier molecular flexibility index (Phi) is 8.88. The number of aromatic nitrogens is 2. The van der Waals surface area contributed by atoms with E-state index in [9.17, 15) is 4.79 Å². The third-order valence-corrected chi connectivity index (χ3v) is 6.80. The maximum absolute atomic E-state index is 11.3. The molecule has 180 valence electrons. The van der Waals surface area contributed by atoms with Gasteiger partial charge in [-0.3, -0.25) is 9.69 Å². The molecule has 1 N–H and O–H groups in total. The van der Waals surface area contributed by atoms with Crippen molar-refractivity contribution in [3.63, 3.8) is 0 Å². The van der Waals surface area contributed by atoms with Crippen LogP contribution in [0.25, 0.3) is 0 Å². The van der Waals surface area contributed by atoms with E-state index in [1.165, 1.54) is 25.8 Å². The third-order valence-electron chi connectivity index (χ3n) is 6.80. The zero-order valence-electron chi connectivity index (χ0n) is 20.8. The molecule has 2 fully saturated rings. The number of nitrogens with zero attached hydrogens (tertiary/aromatic N) is 4. The van der Waals surface area contributed by atoms with Crippen LogP contribution in [0.15, 0.2) is 6.07 Å². The standard InChI is InChI=1S/C25H43N5O2/c1-19(31)26-21-8-6-20(7-9-21)10-12-29-13-15-30(16-14-29)23-18-22(11-17-32-5)27-24(28-23)25(2,3)4/h18,20-21H,6-17H2,1-5H3,(H,26,31). The van der Waals surface area contributed by atoms with Crippen LogP contribution in [-0.4, -0.2) is 73.3 Å². The number of ether oxygens (including phenoxy) is 1. The molecule has 0 spiro atoms. The van der Waals surface area contributed by atoms with Gasteiger partial charge in [-0.05, 0) is 44.6 Å².